The molecular weight excluding hydrogens is 849 g/mol. The summed E-state index contributed by atoms with van der Waals surface area (Å²) in [4.78, 5) is 73.4. The van der Waals surface area contributed by atoms with E-state index in [1.54, 1.807) is 31.6 Å². The summed E-state index contributed by atoms with van der Waals surface area (Å²) in [5.74, 6) is -3.08. The van der Waals surface area contributed by atoms with Crippen LogP contribution in [0.15, 0.2) is 67.3 Å². The average molecular weight is 898 g/mol. The molecule has 3 aromatic heterocycles. The van der Waals surface area contributed by atoms with Gasteiger partial charge in [-0.15, -0.1) is 0 Å². The number of hydrogen-bond acceptors (Lipinski definition) is 12. The maximum atomic E-state index is 15.6. The Labute approximate surface area is 368 Å². The molecule has 6 heterocycles. The lowest BCUT2D eigenvalue weighted by molar-refractivity contribution is -0.134. The summed E-state index contributed by atoms with van der Waals surface area (Å²) in [5.41, 5.74) is 1.94. The molecule has 20 heteroatoms. The SMILES string of the molecule is CCN(C)S(=O)(=O)Nc1ccc(F)c(C(=O)c2c[nH]c3ncc(-c4cnc(N5CCCN(C(=O)CN6CCC(c7ccc(NC8CCC(=O)NC8=O)cc7)CC6)CC5)nc4)cc23)c1F. The highest BCUT2D eigenvalue weighted by atomic mass is 32.2. The number of piperidine rings is 2. The molecule has 17 nitrogen and oxygen atoms in total. The van der Waals surface area contributed by atoms with Crippen LogP contribution in [0.1, 0.15) is 66.4 Å². The van der Waals surface area contributed by atoms with Crippen LogP contribution in [0.3, 0.4) is 0 Å². The van der Waals surface area contributed by atoms with Crippen LogP contribution in [0.4, 0.5) is 26.1 Å². The van der Waals surface area contributed by atoms with Crippen molar-refractivity contribution in [2.75, 3.05) is 74.3 Å². The zero-order valence-corrected chi connectivity index (χ0v) is 36.3. The van der Waals surface area contributed by atoms with Gasteiger partial charge in [-0.05, 0) is 80.6 Å². The van der Waals surface area contributed by atoms with Gasteiger partial charge in [0, 0.05) is 98.7 Å². The van der Waals surface area contributed by atoms with E-state index >= 15 is 8.78 Å². The molecule has 2 aromatic carbocycles. The van der Waals surface area contributed by atoms with Gasteiger partial charge in [0.15, 0.2) is 5.82 Å². The number of nitrogens with one attached hydrogen (secondary N) is 4. The minimum absolute atomic E-state index is 0.0660. The first-order valence-corrected chi connectivity index (χ1v) is 22.7. The highest BCUT2D eigenvalue weighted by Gasteiger charge is 2.30. The van der Waals surface area contributed by atoms with Crippen LogP contribution in [0.5, 0.6) is 0 Å². The molecule has 3 aliphatic heterocycles. The van der Waals surface area contributed by atoms with Gasteiger partial charge >= 0.3 is 10.2 Å². The van der Waals surface area contributed by atoms with Gasteiger partial charge in [0.05, 0.1) is 17.8 Å². The monoisotopic (exact) mass is 897 g/mol. The van der Waals surface area contributed by atoms with E-state index in [1.165, 1.54) is 18.8 Å². The maximum absolute atomic E-state index is 15.6. The standard InChI is InChI=1S/C44H49F2N11O6S/c1-3-54(2)64(62,63)53-35-10-9-34(45)39(40(35)46)41(60)33-25-48-42-32(33)21-29(22-47-42)30-23-49-44(50-24-30)57-16-4-15-56(19-20-57)38(59)26-55-17-13-28(14-18-55)27-5-7-31(8-6-27)51-36-11-12-37(58)52-43(36)61/h5-10,21-25,28,36,51,53H,3-4,11-20,26H2,1-2H3,(H,47,48)(H,52,58,61). The quantitative estimate of drug-likeness (QED) is 0.0967. The number of nitrogens with zero attached hydrogens (tertiary/aromatic N) is 7. The Balaban J connectivity index is 0.848. The number of rotatable bonds is 13. The minimum atomic E-state index is -4.15. The molecule has 0 saturated carbocycles. The number of H-pyrrole nitrogens is 1. The molecule has 1 unspecified atom stereocenters. The molecule has 8 rings (SSSR count). The molecule has 3 aliphatic rings. The van der Waals surface area contributed by atoms with Gasteiger partial charge in [0.25, 0.3) is 0 Å². The van der Waals surface area contributed by atoms with Crippen molar-refractivity contribution in [1.29, 1.82) is 0 Å². The van der Waals surface area contributed by atoms with E-state index in [-0.39, 0.29) is 35.2 Å². The smallest absolute Gasteiger partial charge is 0.301 e. The third-order valence-corrected chi connectivity index (χ3v) is 13.8. The third-order valence-electron chi connectivity index (χ3n) is 12.2. The molecule has 4 N–H and O–H groups in total. The van der Waals surface area contributed by atoms with E-state index in [2.05, 4.69) is 52.3 Å². The van der Waals surface area contributed by atoms with Crippen molar-refractivity contribution < 1.29 is 36.4 Å². The van der Waals surface area contributed by atoms with Crippen LogP contribution < -0.4 is 20.3 Å². The number of aromatic nitrogens is 4. The van der Waals surface area contributed by atoms with E-state index in [0.717, 1.165) is 54.5 Å². The van der Waals surface area contributed by atoms with Crippen LogP contribution in [0, 0.1) is 11.6 Å². The van der Waals surface area contributed by atoms with Gasteiger partial charge in [-0.25, -0.2) is 23.7 Å². The van der Waals surface area contributed by atoms with Gasteiger partial charge < -0.3 is 20.1 Å². The Morgan fingerprint density at radius 2 is 1.64 bits per heavy atom. The number of likely N-dealkylation sites (tertiary alicyclic amines) is 1. The minimum Gasteiger partial charge on any atom is -0.374 e. The molecule has 5 aromatic rings. The Hall–Kier alpha value is -6.38. The lowest BCUT2D eigenvalue weighted by atomic mass is 9.89. The van der Waals surface area contributed by atoms with Crippen molar-refractivity contribution in [3.8, 4) is 11.1 Å². The first kappa shape index (κ1) is 44.2. The summed E-state index contributed by atoms with van der Waals surface area (Å²) in [5, 5.41) is 5.89. The summed E-state index contributed by atoms with van der Waals surface area (Å²) >= 11 is 0. The molecule has 3 fully saturated rings. The van der Waals surface area contributed by atoms with E-state index < -0.39 is 44.9 Å². The van der Waals surface area contributed by atoms with Gasteiger partial charge in [-0.2, -0.15) is 12.7 Å². The number of pyridine rings is 1. The fourth-order valence-corrected chi connectivity index (χ4v) is 9.24. The molecule has 3 saturated heterocycles. The molecular formula is C44H49F2N11O6S. The number of carbonyl (C=O) groups is 4. The van der Waals surface area contributed by atoms with Crippen molar-refractivity contribution in [3.63, 3.8) is 0 Å². The van der Waals surface area contributed by atoms with Crippen molar-refractivity contribution in [2.45, 2.75) is 51.0 Å². The summed E-state index contributed by atoms with van der Waals surface area (Å²) in [6.45, 7) is 6.02. The van der Waals surface area contributed by atoms with E-state index in [9.17, 15) is 27.6 Å². The van der Waals surface area contributed by atoms with Crippen LogP contribution >= 0.6 is 0 Å². The highest BCUT2D eigenvalue weighted by Crippen LogP contribution is 2.31. The van der Waals surface area contributed by atoms with Crippen LogP contribution in [0.25, 0.3) is 22.2 Å². The number of aromatic amines is 1. The van der Waals surface area contributed by atoms with E-state index in [4.69, 9.17) is 0 Å². The lowest BCUT2D eigenvalue weighted by Gasteiger charge is -2.33. The van der Waals surface area contributed by atoms with E-state index in [1.807, 2.05) is 21.9 Å². The molecule has 1 atom stereocenters. The van der Waals surface area contributed by atoms with E-state index in [0.29, 0.717) is 74.2 Å². The number of carbonyl (C=O) groups excluding carboxylic acids is 4. The predicted octanol–water partition coefficient (Wildman–Crippen LogP) is 4.27. The second-order valence-corrected chi connectivity index (χ2v) is 18.0. The highest BCUT2D eigenvalue weighted by molar-refractivity contribution is 7.90. The summed E-state index contributed by atoms with van der Waals surface area (Å²) in [6.07, 6.45) is 9.52. The second-order valence-electron chi connectivity index (χ2n) is 16.3. The number of anilines is 3. The van der Waals surface area contributed by atoms with Crippen molar-refractivity contribution in [1.82, 2.24) is 39.4 Å². The number of fused-ring (bicyclic) bond motifs is 1. The molecule has 3 amide bonds. The summed E-state index contributed by atoms with van der Waals surface area (Å²) in [7, 11) is -2.86. The van der Waals surface area contributed by atoms with Crippen molar-refractivity contribution >= 4 is 62.1 Å². The molecule has 64 heavy (non-hydrogen) atoms. The number of imide groups is 1. The first-order chi connectivity index (χ1) is 30.8. The number of amides is 3. The number of ketones is 1. The van der Waals surface area contributed by atoms with Gasteiger partial charge in [-0.1, -0.05) is 19.1 Å². The molecule has 336 valence electrons. The van der Waals surface area contributed by atoms with Crippen molar-refractivity contribution in [2.24, 2.45) is 0 Å². The zero-order valence-electron chi connectivity index (χ0n) is 35.4. The van der Waals surface area contributed by atoms with Crippen LogP contribution in [-0.4, -0.2) is 131 Å². The van der Waals surface area contributed by atoms with Crippen molar-refractivity contribution in [3.05, 3.63) is 95.6 Å². The first-order valence-electron chi connectivity index (χ1n) is 21.3. The van der Waals surface area contributed by atoms with Gasteiger partial charge in [-0.3, -0.25) is 34.1 Å². The molecule has 0 aliphatic carbocycles. The summed E-state index contributed by atoms with van der Waals surface area (Å²) < 4.78 is 58.8. The normalized spacial score (nSPS) is 18.0. The largest absolute Gasteiger partial charge is 0.374 e. The van der Waals surface area contributed by atoms with Crippen LogP contribution in [-0.2, 0) is 24.6 Å². The number of halogens is 2. The maximum Gasteiger partial charge on any atom is 0.301 e. The van der Waals surface area contributed by atoms with Gasteiger partial charge in [0.2, 0.25) is 29.5 Å². The summed E-state index contributed by atoms with van der Waals surface area (Å²) in [6, 6.07) is 11.1. The lowest BCUT2D eigenvalue weighted by Crippen LogP contribution is -2.47. The Kier molecular flexibility index (Phi) is 13.0. The Bertz CT molecular complexity index is 2670. The Morgan fingerprint density at radius 1 is 0.906 bits per heavy atom. The topological polar surface area (TPSA) is 206 Å². The zero-order chi connectivity index (χ0) is 45.1. The fraction of sp³-hybridized carbons (Fsp3) is 0.386. The fourth-order valence-electron chi connectivity index (χ4n) is 8.31. The number of benzene rings is 2. The molecule has 0 spiro atoms. The number of hydrogen-bond donors (Lipinski definition) is 4. The van der Waals surface area contributed by atoms with Crippen LogP contribution in [0.2, 0.25) is 0 Å². The average Bonchev–Trinajstić information content (AvgIpc) is 3.56. The molecule has 0 bridgehead atoms. The third kappa shape index (κ3) is 9.58. The van der Waals surface area contributed by atoms with Gasteiger partial charge in [0.1, 0.15) is 17.5 Å². The molecule has 0 radical (unpaired) electrons. The predicted molar refractivity (Wildman–Crippen MR) is 236 cm³/mol. The second kappa shape index (κ2) is 18.8. The Morgan fingerprint density at radius 3 is 2.36 bits per heavy atom.